The van der Waals surface area contributed by atoms with Gasteiger partial charge in [0.2, 0.25) is 0 Å². The third-order valence-corrected chi connectivity index (χ3v) is 4.94. The standard InChI is InChI=1S/C16H23NS/c1-4-12(5-2)10-15(17-3)14-11-18-16-9-7-6-8-13(14)16/h6-9,11-12,15,17H,4-5,10H2,1-3H3. The SMILES string of the molecule is CCC(CC)CC(NC)c1csc2ccccc12. The summed E-state index contributed by atoms with van der Waals surface area (Å²) in [6, 6.07) is 9.22. The smallest absolute Gasteiger partial charge is 0.0346 e. The van der Waals surface area contributed by atoms with E-state index in [1.807, 2.05) is 11.3 Å². The van der Waals surface area contributed by atoms with E-state index in [2.05, 4.69) is 55.9 Å². The lowest BCUT2D eigenvalue weighted by Gasteiger charge is -2.21. The van der Waals surface area contributed by atoms with Crippen LogP contribution in [0.4, 0.5) is 0 Å². The molecule has 0 fully saturated rings. The zero-order valence-corrected chi connectivity index (χ0v) is 12.4. The van der Waals surface area contributed by atoms with Crippen LogP contribution < -0.4 is 5.32 Å². The number of hydrogen-bond donors (Lipinski definition) is 1. The zero-order chi connectivity index (χ0) is 13.0. The lowest BCUT2D eigenvalue weighted by molar-refractivity contribution is 0.387. The minimum Gasteiger partial charge on any atom is -0.313 e. The molecular weight excluding hydrogens is 238 g/mol. The summed E-state index contributed by atoms with van der Waals surface area (Å²) in [5, 5.41) is 7.25. The minimum atomic E-state index is 0.492. The van der Waals surface area contributed by atoms with E-state index in [1.165, 1.54) is 34.9 Å². The molecule has 2 heteroatoms. The van der Waals surface area contributed by atoms with Gasteiger partial charge in [0.15, 0.2) is 0 Å². The van der Waals surface area contributed by atoms with Crippen LogP contribution in [0.25, 0.3) is 10.1 Å². The molecule has 1 N–H and O–H groups in total. The Hall–Kier alpha value is -0.860. The summed E-state index contributed by atoms with van der Waals surface area (Å²) >= 11 is 1.86. The highest BCUT2D eigenvalue weighted by Crippen LogP contribution is 2.33. The molecule has 0 saturated heterocycles. The summed E-state index contributed by atoms with van der Waals surface area (Å²) in [4.78, 5) is 0. The van der Waals surface area contributed by atoms with Gasteiger partial charge in [0.05, 0.1) is 0 Å². The highest BCUT2D eigenvalue weighted by molar-refractivity contribution is 7.17. The van der Waals surface area contributed by atoms with Gasteiger partial charge in [-0.3, -0.25) is 0 Å². The van der Waals surface area contributed by atoms with Crippen molar-refractivity contribution < 1.29 is 0 Å². The number of nitrogens with one attached hydrogen (secondary N) is 1. The summed E-state index contributed by atoms with van der Waals surface area (Å²) in [5.74, 6) is 0.820. The fourth-order valence-electron chi connectivity index (χ4n) is 2.62. The van der Waals surface area contributed by atoms with Gasteiger partial charge in [-0.2, -0.15) is 0 Å². The maximum absolute atomic E-state index is 3.50. The van der Waals surface area contributed by atoms with E-state index in [0.29, 0.717) is 6.04 Å². The summed E-state index contributed by atoms with van der Waals surface area (Å²) in [6.45, 7) is 4.60. The molecule has 0 aliphatic heterocycles. The molecule has 98 valence electrons. The topological polar surface area (TPSA) is 12.0 Å². The average Bonchev–Trinajstić information content (AvgIpc) is 2.84. The second-order valence-electron chi connectivity index (χ2n) is 4.95. The molecule has 1 nitrogen and oxygen atoms in total. The highest BCUT2D eigenvalue weighted by atomic mass is 32.1. The van der Waals surface area contributed by atoms with Crippen molar-refractivity contribution in [1.82, 2.24) is 5.32 Å². The molecule has 0 bridgehead atoms. The van der Waals surface area contributed by atoms with E-state index in [0.717, 1.165) is 5.92 Å². The lowest BCUT2D eigenvalue weighted by Crippen LogP contribution is -2.19. The van der Waals surface area contributed by atoms with Crippen LogP contribution in [0.1, 0.15) is 44.7 Å². The van der Waals surface area contributed by atoms with Crippen molar-refractivity contribution in [3.05, 3.63) is 35.2 Å². The molecule has 0 aliphatic carbocycles. The molecular formula is C16H23NS. The van der Waals surface area contributed by atoms with Crippen LogP contribution in [0.5, 0.6) is 0 Å². The first-order valence-electron chi connectivity index (χ1n) is 6.93. The lowest BCUT2D eigenvalue weighted by atomic mass is 9.91. The monoisotopic (exact) mass is 261 g/mol. The Morgan fingerprint density at radius 3 is 2.56 bits per heavy atom. The van der Waals surface area contributed by atoms with E-state index < -0.39 is 0 Å². The van der Waals surface area contributed by atoms with Crippen molar-refractivity contribution in [2.45, 2.75) is 39.2 Å². The molecule has 1 aromatic carbocycles. The first-order valence-corrected chi connectivity index (χ1v) is 7.81. The minimum absolute atomic E-state index is 0.492. The number of benzene rings is 1. The Bertz CT molecular complexity index is 485. The maximum Gasteiger partial charge on any atom is 0.0346 e. The van der Waals surface area contributed by atoms with E-state index in [1.54, 1.807) is 0 Å². The van der Waals surface area contributed by atoms with Crippen LogP contribution >= 0.6 is 11.3 Å². The Morgan fingerprint density at radius 2 is 1.89 bits per heavy atom. The first kappa shape index (κ1) is 13.6. The van der Waals surface area contributed by atoms with Gasteiger partial charge < -0.3 is 5.32 Å². The molecule has 0 aliphatic rings. The van der Waals surface area contributed by atoms with Crippen molar-refractivity contribution in [2.24, 2.45) is 5.92 Å². The predicted molar refractivity (Wildman–Crippen MR) is 82.3 cm³/mol. The molecule has 1 atom stereocenters. The van der Waals surface area contributed by atoms with Gasteiger partial charge in [0.25, 0.3) is 0 Å². The van der Waals surface area contributed by atoms with Crippen LogP contribution in [-0.2, 0) is 0 Å². The van der Waals surface area contributed by atoms with Crippen molar-refractivity contribution in [1.29, 1.82) is 0 Å². The molecule has 0 saturated carbocycles. The summed E-state index contributed by atoms with van der Waals surface area (Å²) in [5.41, 5.74) is 1.48. The molecule has 0 radical (unpaired) electrons. The largest absolute Gasteiger partial charge is 0.313 e. The van der Waals surface area contributed by atoms with Crippen molar-refractivity contribution in [2.75, 3.05) is 7.05 Å². The molecule has 1 aromatic heterocycles. The van der Waals surface area contributed by atoms with E-state index in [9.17, 15) is 0 Å². The fraction of sp³-hybridized carbons (Fsp3) is 0.500. The second kappa shape index (κ2) is 6.35. The predicted octanol–water partition coefficient (Wildman–Crippen LogP) is 4.99. The van der Waals surface area contributed by atoms with Crippen molar-refractivity contribution >= 4 is 21.4 Å². The highest BCUT2D eigenvalue weighted by Gasteiger charge is 2.17. The van der Waals surface area contributed by atoms with Crippen LogP contribution in [0.3, 0.4) is 0 Å². The Morgan fingerprint density at radius 1 is 1.17 bits per heavy atom. The van der Waals surface area contributed by atoms with E-state index in [4.69, 9.17) is 0 Å². The fourth-order valence-corrected chi connectivity index (χ4v) is 3.64. The zero-order valence-electron chi connectivity index (χ0n) is 11.6. The molecule has 18 heavy (non-hydrogen) atoms. The first-order chi connectivity index (χ1) is 8.80. The van der Waals surface area contributed by atoms with Crippen LogP contribution in [0.2, 0.25) is 0 Å². The van der Waals surface area contributed by atoms with Crippen LogP contribution in [0, 0.1) is 5.92 Å². The number of fused-ring (bicyclic) bond motifs is 1. The average molecular weight is 261 g/mol. The van der Waals surface area contributed by atoms with Gasteiger partial charge in [-0.1, -0.05) is 44.9 Å². The molecule has 0 spiro atoms. The Labute approximate surface area is 114 Å². The quantitative estimate of drug-likeness (QED) is 0.772. The molecule has 1 unspecified atom stereocenters. The number of hydrogen-bond acceptors (Lipinski definition) is 2. The third-order valence-electron chi connectivity index (χ3n) is 3.96. The molecule has 2 rings (SSSR count). The van der Waals surface area contributed by atoms with E-state index in [-0.39, 0.29) is 0 Å². The van der Waals surface area contributed by atoms with Crippen molar-refractivity contribution in [3.8, 4) is 0 Å². The molecule has 0 amide bonds. The van der Waals surface area contributed by atoms with Crippen LogP contribution in [-0.4, -0.2) is 7.05 Å². The van der Waals surface area contributed by atoms with Crippen molar-refractivity contribution in [3.63, 3.8) is 0 Å². The second-order valence-corrected chi connectivity index (χ2v) is 5.86. The summed E-state index contributed by atoms with van der Waals surface area (Å²) in [7, 11) is 2.08. The normalized spacial score (nSPS) is 13.3. The van der Waals surface area contributed by atoms with Gasteiger partial charge >= 0.3 is 0 Å². The third kappa shape index (κ3) is 2.76. The van der Waals surface area contributed by atoms with Gasteiger partial charge in [0.1, 0.15) is 0 Å². The Balaban J connectivity index is 2.26. The molecule has 2 aromatic rings. The van der Waals surface area contributed by atoms with Gasteiger partial charge in [-0.25, -0.2) is 0 Å². The maximum atomic E-state index is 3.50. The number of rotatable bonds is 6. The van der Waals surface area contributed by atoms with Gasteiger partial charge in [0, 0.05) is 10.7 Å². The van der Waals surface area contributed by atoms with E-state index >= 15 is 0 Å². The van der Waals surface area contributed by atoms with Crippen LogP contribution in [0.15, 0.2) is 29.6 Å². The summed E-state index contributed by atoms with van der Waals surface area (Å²) in [6.07, 6.45) is 3.79. The van der Waals surface area contributed by atoms with Gasteiger partial charge in [-0.05, 0) is 41.8 Å². The Kier molecular flexibility index (Phi) is 4.79. The number of thiophene rings is 1. The van der Waals surface area contributed by atoms with Gasteiger partial charge in [-0.15, -0.1) is 11.3 Å². The summed E-state index contributed by atoms with van der Waals surface area (Å²) < 4.78 is 1.40. The molecule has 1 heterocycles.